The molecule has 0 bridgehead atoms. The van der Waals surface area contributed by atoms with Crippen molar-refractivity contribution >= 4 is 11.6 Å². The van der Waals surface area contributed by atoms with E-state index in [9.17, 15) is 4.79 Å². The van der Waals surface area contributed by atoms with Crippen molar-refractivity contribution in [2.24, 2.45) is 5.73 Å². The van der Waals surface area contributed by atoms with Crippen LogP contribution in [0.5, 0.6) is 0 Å². The molecule has 1 heterocycles. The largest absolute Gasteiger partial charge is 0.321 e. The van der Waals surface area contributed by atoms with E-state index in [2.05, 4.69) is 0 Å². The molecule has 1 aliphatic carbocycles. The van der Waals surface area contributed by atoms with Crippen LogP contribution in [0.4, 0.5) is 5.69 Å². The maximum absolute atomic E-state index is 11.6. The van der Waals surface area contributed by atoms with E-state index in [0.717, 1.165) is 24.1 Å². The molecule has 4 heteroatoms. The van der Waals surface area contributed by atoms with Crippen LogP contribution in [0.15, 0.2) is 24.3 Å². The van der Waals surface area contributed by atoms with Gasteiger partial charge in [0.05, 0.1) is 18.7 Å². The van der Waals surface area contributed by atoms with E-state index < -0.39 is 0 Å². The zero-order valence-corrected chi connectivity index (χ0v) is 10.4. The van der Waals surface area contributed by atoms with Crippen molar-refractivity contribution in [3.63, 3.8) is 0 Å². The number of carbonyl (C=O) groups excluding carboxylic acids is 1. The maximum Gasteiger partial charge on any atom is 0.253 e. The fourth-order valence-corrected chi connectivity index (χ4v) is 2.84. The highest BCUT2D eigenvalue weighted by molar-refractivity contribution is 5.92. The van der Waals surface area contributed by atoms with Crippen LogP contribution in [0.3, 0.4) is 0 Å². The van der Waals surface area contributed by atoms with Gasteiger partial charge in [0, 0.05) is 5.54 Å². The van der Waals surface area contributed by atoms with Crippen molar-refractivity contribution in [2.75, 3.05) is 11.7 Å². The van der Waals surface area contributed by atoms with Gasteiger partial charge in [0.2, 0.25) is 0 Å². The summed E-state index contributed by atoms with van der Waals surface area (Å²) in [5.41, 5.74) is 8.18. The first kappa shape index (κ1) is 11.7. The van der Waals surface area contributed by atoms with Crippen molar-refractivity contribution in [1.29, 1.82) is 0 Å². The molecule has 1 saturated heterocycles. The Hall–Kier alpha value is -1.39. The first-order chi connectivity index (χ1) is 8.69. The standard InChI is InChI=1S/C14H18N2O2/c15-14(8-1-2-9-14)11-3-5-12(6-4-11)16-13(17)7-10-18-16/h3-6H,1-2,7-10,15H2. The monoisotopic (exact) mass is 246 g/mol. The fourth-order valence-electron chi connectivity index (χ4n) is 2.84. The van der Waals surface area contributed by atoms with Crippen LogP contribution in [0, 0.1) is 0 Å². The highest BCUT2D eigenvalue weighted by Gasteiger charge is 2.31. The van der Waals surface area contributed by atoms with Crippen molar-refractivity contribution in [3.05, 3.63) is 29.8 Å². The first-order valence-corrected chi connectivity index (χ1v) is 6.54. The topological polar surface area (TPSA) is 55.6 Å². The van der Waals surface area contributed by atoms with Crippen molar-refractivity contribution in [1.82, 2.24) is 0 Å². The second kappa shape index (κ2) is 4.37. The van der Waals surface area contributed by atoms with Crippen LogP contribution in [0.2, 0.25) is 0 Å². The Balaban J connectivity index is 1.82. The van der Waals surface area contributed by atoms with Crippen LogP contribution in [0.1, 0.15) is 37.7 Å². The van der Waals surface area contributed by atoms with Gasteiger partial charge >= 0.3 is 0 Å². The van der Waals surface area contributed by atoms with E-state index in [0.29, 0.717) is 13.0 Å². The average Bonchev–Trinajstić information content (AvgIpc) is 2.99. The van der Waals surface area contributed by atoms with Gasteiger partial charge in [-0.15, -0.1) is 0 Å². The summed E-state index contributed by atoms with van der Waals surface area (Å²) in [5, 5.41) is 1.38. The van der Waals surface area contributed by atoms with Crippen molar-refractivity contribution in [2.45, 2.75) is 37.6 Å². The summed E-state index contributed by atoms with van der Waals surface area (Å²) in [5.74, 6) is 0.0195. The number of carbonyl (C=O) groups is 1. The minimum Gasteiger partial charge on any atom is -0.321 e. The average molecular weight is 246 g/mol. The van der Waals surface area contributed by atoms with Gasteiger partial charge in [-0.3, -0.25) is 9.63 Å². The molecule has 2 aliphatic rings. The van der Waals surface area contributed by atoms with Gasteiger partial charge in [-0.2, -0.15) is 5.06 Å². The molecular weight excluding hydrogens is 228 g/mol. The van der Waals surface area contributed by atoms with Crippen LogP contribution in [0.25, 0.3) is 0 Å². The van der Waals surface area contributed by atoms with E-state index in [-0.39, 0.29) is 11.4 Å². The summed E-state index contributed by atoms with van der Waals surface area (Å²) in [6, 6.07) is 7.89. The third kappa shape index (κ3) is 1.91. The Morgan fingerprint density at radius 3 is 2.39 bits per heavy atom. The molecule has 1 saturated carbocycles. The molecule has 0 unspecified atom stereocenters. The molecule has 1 aromatic rings. The van der Waals surface area contributed by atoms with Crippen LogP contribution < -0.4 is 10.8 Å². The number of hydroxylamine groups is 1. The molecule has 3 rings (SSSR count). The fraction of sp³-hybridized carbons (Fsp3) is 0.500. The maximum atomic E-state index is 11.6. The van der Waals surface area contributed by atoms with E-state index in [1.54, 1.807) is 0 Å². The Bertz CT molecular complexity index is 449. The van der Waals surface area contributed by atoms with E-state index in [1.165, 1.54) is 17.9 Å². The number of nitrogens with two attached hydrogens (primary N) is 1. The third-order valence-electron chi connectivity index (χ3n) is 3.94. The molecule has 1 amide bonds. The lowest BCUT2D eigenvalue weighted by Crippen LogP contribution is -2.33. The number of nitrogens with zero attached hydrogens (tertiary/aromatic N) is 1. The second-order valence-electron chi connectivity index (χ2n) is 5.18. The Morgan fingerprint density at radius 1 is 1.17 bits per heavy atom. The molecule has 1 aliphatic heterocycles. The molecule has 4 nitrogen and oxygen atoms in total. The molecule has 1 aromatic carbocycles. The summed E-state index contributed by atoms with van der Waals surface area (Å²) in [4.78, 5) is 16.8. The van der Waals surface area contributed by atoms with E-state index >= 15 is 0 Å². The highest BCUT2D eigenvalue weighted by Crippen LogP contribution is 2.37. The van der Waals surface area contributed by atoms with Gasteiger partial charge in [-0.1, -0.05) is 25.0 Å². The molecule has 0 aromatic heterocycles. The lowest BCUT2D eigenvalue weighted by atomic mass is 9.89. The van der Waals surface area contributed by atoms with Gasteiger partial charge in [0.1, 0.15) is 0 Å². The summed E-state index contributed by atoms with van der Waals surface area (Å²) in [7, 11) is 0. The lowest BCUT2D eigenvalue weighted by Gasteiger charge is -2.25. The molecule has 0 atom stereocenters. The predicted molar refractivity (Wildman–Crippen MR) is 68.8 cm³/mol. The number of amides is 1. The number of rotatable bonds is 2. The molecule has 18 heavy (non-hydrogen) atoms. The SMILES string of the molecule is NC1(c2ccc(N3OCCC3=O)cc2)CCCC1. The number of hydrogen-bond acceptors (Lipinski definition) is 3. The van der Waals surface area contributed by atoms with Gasteiger partial charge in [0.25, 0.3) is 5.91 Å². The van der Waals surface area contributed by atoms with Crippen LogP contribution >= 0.6 is 0 Å². The normalized spacial score (nSPS) is 22.7. The van der Waals surface area contributed by atoms with Gasteiger partial charge in [0.15, 0.2) is 0 Å². The Morgan fingerprint density at radius 2 is 1.83 bits per heavy atom. The van der Waals surface area contributed by atoms with E-state index in [1.807, 2.05) is 24.3 Å². The Kier molecular flexibility index (Phi) is 2.84. The Labute approximate surface area is 107 Å². The minimum absolute atomic E-state index is 0.0195. The molecule has 2 N–H and O–H groups in total. The quantitative estimate of drug-likeness (QED) is 0.869. The summed E-state index contributed by atoms with van der Waals surface area (Å²) in [6.07, 6.45) is 4.96. The highest BCUT2D eigenvalue weighted by atomic mass is 16.7. The minimum atomic E-state index is -0.172. The summed E-state index contributed by atoms with van der Waals surface area (Å²) < 4.78 is 0. The molecule has 0 radical (unpaired) electrons. The van der Waals surface area contributed by atoms with Crippen LogP contribution in [-0.2, 0) is 15.2 Å². The summed E-state index contributed by atoms with van der Waals surface area (Å²) in [6.45, 7) is 0.474. The molecule has 96 valence electrons. The number of anilines is 1. The summed E-state index contributed by atoms with van der Waals surface area (Å²) >= 11 is 0. The lowest BCUT2D eigenvalue weighted by molar-refractivity contribution is -0.119. The number of benzene rings is 1. The van der Waals surface area contributed by atoms with Gasteiger partial charge < -0.3 is 5.73 Å². The smallest absolute Gasteiger partial charge is 0.253 e. The van der Waals surface area contributed by atoms with Crippen molar-refractivity contribution < 1.29 is 9.63 Å². The molecule has 2 fully saturated rings. The van der Waals surface area contributed by atoms with Crippen molar-refractivity contribution in [3.8, 4) is 0 Å². The number of hydrogen-bond donors (Lipinski definition) is 1. The first-order valence-electron chi connectivity index (χ1n) is 6.54. The van der Waals surface area contributed by atoms with E-state index in [4.69, 9.17) is 10.6 Å². The third-order valence-corrected chi connectivity index (χ3v) is 3.94. The predicted octanol–water partition coefficient (Wildman–Crippen LogP) is 2.08. The van der Waals surface area contributed by atoms with Crippen LogP contribution in [-0.4, -0.2) is 12.5 Å². The molecule has 0 spiro atoms. The second-order valence-corrected chi connectivity index (χ2v) is 5.18. The zero-order chi connectivity index (χ0) is 12.6. The zero-order valence-electron chi connectivity index (χ0n) is 10.4. The van der Waals surface area contributed by atoms with Gasteiger partial charge in [-0.05, 0) is 30.5 Å². The van der Waals surface area contributed by atoms with Gasteiger partial charge in [-0.25, -0.2) is 0 Å². The molecular formula is C14H18N2O2.